The number of alkyl halides is 6. The third-order valence-electron chi connectivity index (χ3n) is 5.86. The molecular weight excluding hydrogens is 562 g/mol. The van der Waals surface area contributed by atoms with Crippen LogP contribution in [0.25, 0.3) is 16.7 Å². The highest BCUT2D eigenvalue weighted by Crippen LogP contribution is 2.37. The van der Waals surface area contributed by atoms with Gasteiger partial charge in [-0.1, -0.05) is 23.7 Å². The molecule has 0 aliphatic rings. The molecule has 0 fully saturated rings. The van der Waals surface area contributed by atoms with Crippen LogP contribution in [0, 0.1) is 0 Å². The van der Waals surface area contributed by atoms with E-state index in [1.165, 1.54) is 19.2 Å². The van der Waals surface area contributed by atoms with Gasteiger partial charge in [0, 0.05) is 13.2 Å². The minimum Gasteiger partial charge on any atom is -0.477 e. The van der Waals surface area contributed by atoms with E-state index in [9.17, 15) is 50.6 Å². The summed E-state index contributed by atoms with van der Waals surface area (Å²) in [6, 6.07) is 6.38. The van der Waals surface area contributed by atoms with Gasteiger partial charge in [-0.05, 0) is 29.8 Å². The van der Waals surface area contributed by atoms with Crippen LogP contribution in [0.4, 0.5) is 26.3 Å². The van der Waals surface area contributed by atoms with Gasteiger partial charge in [-0.3, -0.25) is 23.1 Å². The number of carboxylic acids is 1. The van der Waals surface area contributed by atoms with Gasteiger partial charge in [0.05, 0.1) is 33.9 Å². The molecule has 2 aromatic carbocycles. The van der Waals surface area contributed by atoms with E-state index < -0.39 is 70.1 Å². The van der Waals surface area contributed by atoms with Crippen LogP contribution in [0.3, 0.4) is 0 Å². The Bertz CT molecular complexity index is 1810. The van der Waals surface area contributed by atoms with Crippen molar-refractivity contribution < 1.29 is 36.2 Å². The van der Waals surface area contributed by atoms with Gasteiger partial charge < -0.3 is 5.11 Å². The lowest BCUT2D eigenvalue weighted by atomic mass is 10.1. The predicted octanol–water partition coefficient (Wildman–Crippen LogP) is 3.63. The first-order chi connectivity index (χ1) is 18.0. The van der Waals surface area contributed by atoms with Crippen molar-refractivity contribution in [1.82, 2.24) is 18.3 Å². The van der Waals surface area contributed by atoms with Crippen LogP contribution in [0.15, 0.2) is 57.0 Å². The van der Waals surface area contributed by atoms with Gasteiger partial charge in [-0.25, -0.2) is 14.4 Å². The van der Waals surface area contributed by atoms with E-state index in [1.807, 2.05) is 0 Å². The average Bonchev–Trinajstić information content (AvgIpc) is 3.04. The van der Waals surface area contributed by atoms with Crippen LogP contribution >= 0.6 is 11.6 Å². The molecule has 0 saturated carbocycles. The number of benzene rings is 2. The summed E-state index contributed by atoms with van der Waals surface area (Å²) in [5.41, 5.74) is -7.19. The van der Waals surface area contributed by atoms with E-state index >= 15 is 0 Å². The molecule has 0 radical (unpaired) electrons. The second kappa shape index (κ2) is 9.48. The molecule has 0 bridgehead atoms. The number of aryl methyl sites for hydroxylation is 1. The summed E-state index contributed by atoms with van der Waals surface area (Å²) in [5.74, 6) is -1.82. The maximum Gasteiger partial charge on any atom is 0.418 e. The van der Waals surface area contributed by atoms with E-state index in [-0.39, 0.29) is 21.3 Å². The quantitative estimate of drug-likeness (QED) is 0.365. The first-order valence-electron chi connectivity index (χ1n) is 10.7. The van der Waals surface area contributed by atoms with E-state index in [4.69, 9.17) is 11.6 Å². The Morgan fingerprint density at radius 1 is 0.949 bits per heavy atom. The Balaban J connectivity index is 1.99. The molecule has 1 N–H and O–H groups in total. The molecular formula is C23H15ClF6N4O5. The Morgan fingerprint density at radius 3 is 2.21 bits per heavy atom. The Kier molecular flexibility index (Phi) is 6.75. The van der Waals surface area contributed by atoms with Crippen LogP contribution < -0.4 is 16.9 Å². The third-order valence-corrected chi connectivity index (χ3v) is 6.17. The molecule has 39 heavy (non-hydrogen) atoms. The van der Waals surface area contributed by atoms with Crippen LogP contribution in [0.5, 0.6) is 0 Å². The maximum absolute atomic E-state index is 13.6. The normalized spacial score (nSPS) is 12.3. The van der Waals surface area contributed by atoms with Gasteiger partial charge in [0.15, 0.2) is 0 Å². The summed E-state index contributed by atoms with van der Waals surface area (Å²) in [6.07, 6.45) is -9.18. The van der Waals surface area contributed by atoms with Crippen molar-refractivity contribution in [3.63, 3.8) is 0 Å². The number of rotatable bonds is 5. The molecule has 0 unspecified atom stereocenters. The van der Waals surface area contributed by atoms with Crippen LogP contribution in [-0.2, 0) is 26.3 Å². The molecule has 206 valence electrons. The van der Waals surface area contributed by atoms with Crippen LogP contribution in [-0.4, -0.2) is 35.5 Å². The van der Waals surface area contributed by atoms with Crippen molar-refractivity contribution in [3.8, 4) is 5.69 Å². The fourth-order valence-electron chi connectivity index (χ4n) is 4.14. The van der Waals surface area contributed by atoms with Crippen molar-refractivity contribution in [2.75, 3.05) is 0 Å². The summed E-state index contributed by atoms with van der Waals surface area (Å²) in [4.78, 5) is 50.3. The zero-order valence-electron chi connectivity index (χ0n) is 19.5. The highest BCUT2D eigenvalue weighted by molar-refractivity contribution is 6.31. The largest absolute Gasteiger partial charge is 0.477 e. The van der Waals surface area contributed by atoms with Gasteiger partial charge in [0.25, 0.3) is 5.56 Å². The van der Waals surface area contributed by atoms with Gasteiger partial charge in [-0.15, -0.1) is 0 Å². The molecule has 0 aliphatic heterocycles. The second-order valence-corrected chi connectivity index (χ2v) is 8.79. The standard InChI is InChI=1S/C23H15ClF6N4O5/c1-31-15-6-5-12(7-16(15)34(20(31)38)10-22(25,26)27)32-9-13(19(36)37)18(35)33(21(32)39)8-11-3-2-4-14(24)17(11)23(28,29)30/h2-7,9H,8,10H2,1H3,(H,36,37). The first-order valence-corrected chi connectivity index (χ1v) is 11.1. The number of aromatic carboxylic acids is 1. The first kappa shape index (κ1) is 27.8. The highest BCUT2D eigenvalue weighted by Gasteiger charge is 2.36. The van der Waals surface area contributed by atoms with Crippen molar-refractivity contribution in [1.29, 1.82) is 0 Å². The number of hydrogen-bond acceptors (Lipinski definition) is 4. The minimum atomic E-state index is -4.98. The number of fused-ring (bicyclic) bond motifs is 1. The van der Waals surface area contributed by atoms with Gasteiger partial charge in [0.2, 0.25) is 0 Å². The number of hydrogen-bond donors (Lipinski definition) is 1. The number of halogens is 7. The second-order valence-electron chi connectivity index (χ2n) is 8.38. The topological polar surface area (TPSA) is 108 Å². The zero-order chi connectivity index (χ0) is 29.0. The van der Waals surface area contributed by atoms with Gasteiger partial charge >= 0.3 is 29.7 Å². The van der Waals surface area contributed by atoms with E-state index in [0.29, 0.717) is 15.3 Å². The third kappa shape index (κ3) is 5.08. The van der Waals surface area contributed by atoms with E-state index in [1.54, 1.807) is 0 Å². The average molecular weight is 577 g/mol. The summed E-state index contributed by atoms with van der Waals surface area (Å²) in [5, 5.41) is 8.80. The Hall–Kier alpha value is -4.27. The van der Waals surface area contributed by atoms with Gasteiger partial charge in [0.1, 0.15) is 12.1 Å². The maximum atomic E-state index is 13.6. The minimum absolute atomic E-state index is 0.0431. The van der Waals surface area contributed by atoms with Crippen molar-refractivity contribution in [2.24, 2.45) is 7.05 Å². The number of nitrogens with zero attached hydrogens (tertiary/aromatic N) is 4. The molecule has 0 saturated heterocycles. The molecule has 0 aliphatic carbocycles. The van der Waals surface area contributed by atoms with E-state index in [0.717, 1.165) is 28.8 Å². The lowest BCUT2D eigenvalue weighted by Crippen LogP contribution is -2.42. The predicted molar refractivity (Wildman–Crippen MR) is 126 cm³/mol. The molecule has 2 aromatic heterocycles. The molecule has 2 heterocycles. The van der Waals surface area contributed by atoms with Crippen molar-refractivity contribution in [3.05, 3.63) is 95.6 Å². The number of imidazole rings is 1. The number of carbonyl (C=O) groups is 1. The molecule has 4 aromatic rings. The van der Waals surface area contributed by atoms with Crippen LogP contribution in [0.1, 0.15) is 21.5 Å². The number of aromatic nitrogens is 4. The highest BCUT2D eigenvalue weighted by atomic mass is 35.5. The van der Waals surface area contributed by atoms with Crippen molar-refractivity contribution >= 4 is 28.6 Å². The number of carboxylic acid groups (broad SMARTS) is 1. The van der Waals surface area contributed by atoms with Crippen molar-refractivity contribution in [2.45, 2.75) is 25.4 Å². The zero-order valence-corrected chi connectivity index (χ0v) is 20.2. The monoisotopic (exact) mass is 576 g/mol. The SMILES string of the molecule is Cn1c(=O)n(CC(F)(F)F)c2cc(-n3cc(C(=O)O)c(=O)n(Cc4cccc(Cl)c4C(F)(F)F)c3=O)ccc21. The summed E-state index contributed by atoms with van der Waals surface area (Å²) in [6.45, 7) is -2.70. The lowest BCUT2D eigenvalue weighted by Gasteiger charge is -2.17. The smallest absolute Gasteiger partial charge is 0.418 e. The molecule has 4 rings (SSSR count). The fraction of sp³-hybridized carbons (Fsp3) is 0.217. The molecule has 0 atom stereocenters. The summed E-state index contributed by atoms with van der Waals surface area (Å²) >= 11 is 5.70. The summed E-state index contributed by atoms with van der Waals surface area (Å²) in [7, 11) is 1.22. The van der Waals surface area contributed by atoms with Gasteiger partial charge in [-0.2, -0.15) is 26.3 Å². The summed E-state index contributed by atoms with van der Waals surface area (Å²) < 4.78 is 82.4. The molecule has 9 nitrogen and oxygen atoms in total. The fourth-order valence-corrected chi connectivity index (χ4v) is 4.44. The lowest BCUT2D eigenvalue weighted by molar-refractivity contribution is -0.140. The molecule has 0 spiro atoms. The van der Waals surface area contributed by atoms with Crippen LogP contribution in [0.2, 0.25) is 5.02 Å². The molecule has 16 heteroatoms. The Morgan fingerprint density at radius 2 is 1.62 bits per heavy atom. The molecule has 0 amide bonds. The Labute approximate surface area is 217 Å². The van der Waals surface area contributed by atoms with E-state index in [2.05, 4.69) is 0 Å².